The molecule has 12 aromatic rings. The SMILES string of the molecule is c1ccc(-c2ccc(N(c3ccc4c(c3)oc3ccccc34)c3cccc4c3oc3c(-c5cccc6sc7ccccc7c56)cc5ccccc5c34)cc2)cc1. The summed E-state index contributed by atoms with van der Waals surface area (Å²) in [4.78, 5) is 2.31. The summed E-state index contributed by atoms with van der Waals surface area (Å²) in [5.74, 6) is 0. The largest absolute Gasteiger partial charge is 0.456 e. The van der Waals surface area contributed by atoms with Crippen molar-refractivity contribution in [3.8, 4) is 22.3 Å². The molecule has 0 radical (unpaired) electrons. The highest BCUT2D eigenvalue weighted by molar-refractivity contribution is 7.25. The first-order valence-corrected chi connectivity index (χ1v) is 19.7. The standard InChI is InChI=1S/C52H31NO2S/c1-2-12-32(13-3-1)33-24-26-35(27-25-33)53(36-28-29-39-38-16-6-8-21-45(38)54-46(39)31-36)44-20-10-19-42-50-37-15-5-4-14-34(37)30-43(52(50)55-51(42)44)40-18-11-23-48-49(40)41-17-7-9-22-47(41)56-48/h1-31H. The average molecular weight is 734 g/mol. The number of benzene rings is 9. The summed E-state index contributed by atoms with van der Waals surface area (Å²) in [5, 5.41) is 9.30. The molecule has 0 saturated carbocycles. The van der Waals surface area contributed by atoms with Crippen LogP contribution in [0, 0.1) is 0 Å². The van der Waals surface area contributed by atoms with Gasteiger partial charge in [0.1, 0.15) is 16.7 Å². The maximum absolute atomic E-state index is 7.31. The van der Waals surface area contributed by atoms with Gasteiger partial charge < -0.3 is 13.7 Å². The van der Waals surface area contributed by atoms with Crippen LogP contribution in [-0.2, 0) is 0 Å². The van der Waals surface area contributed by atoms with E-state index < -0.39 is 0 Å². The summed E-state index contributed by atoms with van der Waals surface area (Å²) in [5.41, 5.74) is 11.0. The molecule has 0 atom stereocenters. The van der Waals surface area contributed by atoms with Gasteiger partial charge in [-0.05, 0) is 82.1 Å². The van der Waals surface area contributed by atoms with E-state index in [1.54, 1.807) is 0 Å². The Morgan fingerprint density at radius 2 is 1.05 bits per heavy atom. The third kappa shape index (κ3) is 4.70. The van der Waals surface area contributed by atoms with Crippen molar-refractivity contribution in [3.63, 3.8) is 0 Å². The van der Waals surface area contributed by atoms with Crippen molar-refractivity contribution < 1.29 is 8.83 Å². The molecule has 9 aromatic carbocycles. The molecule has 12 rings (SSSR count). The third-order valence-electron chi connectivity index (χ3n) is 11.3. The summed E-state index contributed by atoms with van der Waals surface area (Å²) in [6.45, 7) is 0. The first-order chi connectivity index (χ1) is 27.8. The fourth-order valence-electron chi connectivity index (χ4n) is 8.72. The van der Waals surface area contributed by atoms with E-state index in [-0.39, 0.29) is 0 Å². The Hall–Kier alpha value is -7.14. The number of thiophene rings is 1. The fraction of sp³-hybridized carbons (Fsp3) is 0. The van der Waals surface area contributed by atoms with Crippen LogP contribution < -0.4 is 4.90 Å². The Morgan fingerprint density at radius 1 is 0.375 bits per heavy atom. The summed E-state index contributed by atoms with van der Waals surface area (Å²) in [6.07, 6.45) is 0. The average Bonchev–Trinajstić information content (AvgIpc) is 3.96. The van der Waals surface area contributed by atoms with Gasteiger partial charge in [0, 0.05) is 59.0 Å². The number of hydrogen-bond acceptors (Lipinski definition) is 4. The molecular weight excluding hydrogens is 703 g/mol. The van der Waals surface area contributed by atoms with Crippen LogP contribution in [0.3, 0.4) is 0 Å². The third-order valence-corrected chi connectivity index (χ3v) is 12.4. The smallest absolute Gasteiger partial charge is 0.159 e. The minimum Gasteiger partial charge on any atom is -0.456 e. The van der Waals surface area contributed by atoms with Crippen LogP contribution >= 0.6 is 11.3 Å². The predicted molar refractivity (Wildman–Crippen MR) is 237 cm³/mol. The second-order valence-electron chi connectivity index (χ2n) is 14.4. The van der Waals surface area contributed by atoms with Crippen molar-refractivity contribution in [2.24, 2.45) is 0 Å². The lowest BCUT2D eigenvalue weighted by atomic mass is 9.94. The van der Waals surface area contributed by atoms with Crippen molar-refractivity contribution in [2.45, 2.75) is 0 Å². The maximum atomic E-state index is 7.31. The zero-order valence-corrected chi connectivity index (χ0v) is 30.9. The van der Waals surface area contributed by atoms with Gasteiger partial charge in [0.25, 0.3) is 0 Å². The van der Waals surface area contributed by atoms with E-state index in [4.69, 9.17) is 8.83 Å². The molecule has 0 N–H and O–H groups in total. The molecule has 0 fully saturated rings. The second-order valence-corrected chi connectivity index (χ2v) is 15.5. The van der Waals surface area contributed by atoms with Crippen LogP contribution in [0.4, 0.5) is 17.1 Å². The van der Waals surface area contributed by atoms with Gasteiger partial charge in [-0.3, -0.25) is 0 Å². The van der Waals surface area contributed by atoms with Crippen molar-refractivity contribution in [1.29, 1.82) is 0 Å². The molecule has 262 valence electrons. The lowest BCUT2D eigenvalue weighted by Crippen LogP contribution is -2.10. The van der Waals surface area contributed by atoms with Gasteiger partial charge in [-0.1, -0.05) is 127 Å². The molecule has 0 aliphatic heterocycles. The predicted octanol–water partition coefficient (Wildman–Crippen LogP) is 15.8. The van der Waals surface area contributed by atoms with Crippen LogP contribution in [0.5, 0.6) is 0 Å². The van der Waals surface area contributed by atoms with E-state index in [0.717, 1.165) is 72.1 Å². The van der Waals surface area contributed by atoms with Gasteiger partial charge in [0.2, 0.25) is 0 Å². The molecule has 4 heteroatoms. The van der Waals surface area contributed by atoms with E-state index in [1.165, 1.54) is 42.1 Å². The fourth-order valence-corrected chi connectivity index (χ4v) is 9.85. The number of para-hydroxylation sites is 2. The highest BCUT2D eigenvalue weighted by atomic mass is 32.1. The minimum absolute atomic E-state index is 0.833. The van der Waals surface area contributed by atoms with E-state index >= 15 is 0 Å². The van der Waals surface area contributed by atoms with Crippen LogP contribution in [0.2, 0.25) is 0 Å². The number of nitrogens with zero attached hydrogens (tertiary/aromatic N) is 1. The number of anilines is 3. The highest BCUT2D eigenvalue weighted by Gasteiger charge is 2.24. The van der Waals surface area contributed by atoms with Crippen molar-refractivity contribution in [2.75, 3.05) is 4.90 Å². The summed E-state index contributed by atoms with van der Waals surface area (Å²) >= 11 is 1.84. The monoisotopic (exact) mass is 733 g/mol. The van der Waals surface area contributed by atoms with Crippen molar-refractivity contribution in [3.05, 3.63) is 188 Å². The zero-order valence-electron chi connectivity index (χ0n) is 30.1. The van der Waals surface area contributed by atoms with Crippen LogP contribution in [-0.4, -0.2) is 0 Å². The summed E-state index contributed by atoms with van der Waals surface area (Å²) < 4.78 is 16.3. The molecule has 0 aliphatic rings. The van der Waals surface area contributed by atoms with Crippen molar-refractivity contribution in [1.82, 2.24) is 0 Å². The molecule has 56 heavy (non-hydrogen) atoms. The Morgan fingerprint density at radius 3 is 1.95 bits per heavy atom. The molecule has 0 unspecified atom stereocenters. The van der Waals surface area contributed by atoms with Crippen LogP contribution in [0.25, 0.3) is 97.1 Å². The number of hydrogen-bond donors (Lipinski definition) is 0. The Labute approximate surface area is 325 Å². The molecule has 0 aliphatic carbocycles. The normalized spacial score (nSPS) is 11.9. The number of fused-ring (bicyclic) bond motifs is 11. The number of rotatable bonds is 5. The van der Waals surface area contributed by atoms with Crippen LogP contribution in [0.1, 0.15) is 0 Å². The lowest BCUT2D eigenvalue weighted by molar-refractivity contribution is 0.668. The van der Waals surface area contributed by atoms with Gasteiger partial charge in [0.05, 0.1) is 11.4 Å². The minimum atomic E-state index is 0.833. The van der Waals surface area contributed by atoms with E-state index in [1.807, 2.05) is 23.5 Å². The molecular formula is C52H31NO2S. The molecule has 0 amide bonds. The van der Waals surface area contributed by atoms with Crippen LogP contribution in [0.15, 0.2) is 197 Å². The van der Waals surface area contributed by atoms with E-state index in [0.29, 0.717) is 0 Å². The first kappa shape index (κ1) is 31.2. The molecule has 0 bridgehead atoms. The van der Waals surface area contributed by atoms with Gasteiger partial charge in [-0.15, -0.1) is 11.3 Å². The summed E-state index contributed by atoms with van der Waals surface area (Å²) in [6, 6.07) is 67.0. The molecule has 3 heterocycles. The molecule has 3 nitrogen and oxygen atoms in total. The molecule has 0 saturated heterocycles. The Kier molecular flexibility index (Phi) is 6.80. The topological polar surface area (TPSA) is 29.5 Å². The Balaban J connectivity index is 1.14. The second kappa shape index (κ2) is 12.2. The van der Waals surface area contributed by atoms with Crippen molar-refractivity contribution >= 4 is 103 Å². The van der Waals surface area contributed by atoms with E-state index in [9.17, 15) is 0 Å². The van der Waals surface area contributed by atoms with E-state index in [2.05, 4.69) is 181 Å². The zero-order chi connectivity index (χ0) is 36.7. The highest BCUT2D eigenvalue weighted by Crippen LogP contribution is 2.49. The maximum Gasteiger partial charge on any atom is 0.159 e. The van der Waals surface area contributed by atoms with Gasteiger partial charge in [0.15, 0.2) is 5.58 Å². The Bertz CT molecular complexity index is 3480. The molecule has 3 aromatic heterocycles. The van der Waals surface area contributed by atoms with Gasteiger partial charge in [-0.2, -0.15) is 0 Å². The number of furan rings is 2. The van der Waals surface area contributed by atoms with Gasteiger partial charge >= 0.3 is 0 Å². The molecule has 0 spiro atoms. The summed E-state index contributed by atoms with van der Waals surface area (Å²) in [7, 11) is 0. The lowest BCUT2D eigenvalue weighted by Gasteiger charge is -2.25. The van der Waals surface area contributed by atoms with Gasteiger partial charge in [-0.25, -0.2) is 0 Å². The quantitative estimate of drug-likeness (QED) is 0.176. The first-order valence-electron chi connectivity index (χ1n) is 18.9.